The topological polar surface area (TPSA) is 93.7 Å². The number of benzene rings is 1. The van der Waals surface area contributed by atoms with Gasteiger partial charge < -0.3 is 19.7 Å². The minimum absolute atomic E-state index is 0.0874. The van der Waals surface area contributed by atoms with Crippen molar-refractivity contribution in [3.05, 3.63) is 40.5 Å². The van der Waals surface area contributed by atoms with E-state index in [0.717, 1.165) is 10.9 Å². The van der Waals surface area contributed by atoms with Crippen molar-refractivity contribution in [2.24, 2.45) is 0 Å². The summed E-state index contributed by atoms with van der Waals surface area (Å²) in [5, 5.41) is 3.66. The molecule has 9 heteroatoms. The van der Waals surface area contributed by atoms with Crippen LogP contribution in [-0.2, 0) is 9.53 Å². The molecule has 31 heavy (non-hydrogen) atoms. The van der Waals surface area contributed by atoms with Crippen molar-refractivity contribution in [1.82, 2.24) is 9.97 Å². The van der Waals surface area contributed by atoms with Crippen molar-refractivity contribution in [3.63, 3.8) is 0 Å². The molecule has 2 heterocycles. The Kier molecular flexibility index (Phi) is 7.06. The number of aromatic nitrogens is 2. The smallest absolute Gasteiger partial charge is 0.348 e. The summed E-state index contributed by atoms with van der Waals surface area (Å²) < 4.78 is 10.5. The molecule has 3 rings (SSSR count). The zero-order valence-electron chi connectivity index (χ0n) is 18.3. The zero-order valence-corrected chi connectivity index (χ0v) is 19.1. The Bertz CT molecular complexity index is 1110. The summed E-state index contributed by atoms with van der Waals surface area (Å²) in [5.74, 6) is 1.22. The molecule has 0 aliphatic carbocycles. The van der Waals surface area contributed by atoms with E-state index in [0.29, 0.717) is 45.9 Å². The molecule has 2 aromatic heterocycles. The lowest BCUT2D eigenvalue weighted by Gasteiger charge is -2.23. The van der Waals surface area contributed by atoms with Gasteiger partial charge >= 0.3 is 5.97 Å². The standard InChI is InChI=1S/C22H26N4O4S/c1-6-26(12-17(27)25-15-10-8-9-11-16(15)29-5)20-18-13(3)19(22(28)30-7-2)31-21(18)24-14(4)23-20/h8-11H,6-7,12H2,1-5H3,(H,25,27). The Morgan fingerprint density at radius 1 is 1.16 bits per heavy atom. The van der Waals surface area contributed by atoms with Gasteiger partial charge in [-0.05, 0) is 45.4 Å². The lowest BCUT2D eigenvalue weighted by atomic mass is 10.2. The summed E-state index contributed by atoms with van der Waals surface area (Å²) in [5.41, 5.74) is 1.36. The molecule has 8 nitrogen and oxygen atoms in total. The summed E-state index contributed by atoms with van der Waals surface area (Å²) in [4.78, 5) is 37.4. The molecule has 0 aliphatic heterocycles. The van der Waals surface area contributed by atoms with E-state index in [4.69, 9.17) is 9.47 Å². The van der Waals surface area contributed by atoms with Crippen LogP contribution in [0.5, 0.6) is 5.75 Å². The Balaban J connectivity index is 1.94. The zero-order chi connectivity index (χ0) is 22.5. The number of nitrogens with zero attached hydrogens (tertiary/aromatic N) is 3. The SMILES string of the molecule is CCOC(=O)c1sc2nc(C)nc(N(CC)CC(=O)Nc3ccccc3OC)c2c1C. The van der Waals surface area contributed by atoms with Gasteiger partial charge in [-0.3, -0.25) is 4.79 Å². The Morgan fingerprint density at radius 2 is 1.90 bits per heavy atom. The highest BCUT2D eigenvalue weighted by molar-refractivity contribution is 7.20. The van der Waals surface area contributed by atoms with Gasteiger partial charge in [0.05, 0.1) is 31.3 Å². The van der Waals surface area contributed by atoms with E-state index in [1.165, 1.54) is 11.3 Å². The first-order valence-corrected chi connectivity index (χ1v) is 10.8. The monoisotopic (exact) mass is 442 g/mol. The number of para-hydroxylation sites is 2. The number of carbonyl (C=O) groups excluding carboxylic acids is 2. The maximum atomic E-state index is 12.8. The van der Waals surface area contributed by atoms with Gasteiger partial charge in [0.15, 0.2) is 0 Å². The first-order chi connectivity index (χ1) is 14.9. The quantitative estimate of drug-likeness (QED) is 0.528. The normalized spacial score (nSPS) is 10.7. The van der Waals surface area contributed by atoms with Crippen LogP contribution >= 0.6 is 11.3 Å². The first-order valence-electron chi connectivity index (χ1n) is 10.0. The molecule has 0 saturated carbocycles. The number of hydrogen-bond donors (Lipinski definition) is 1. The molecule has 3 aromatic rings. The second kappa shape index (κ2) is 9.74. The highest BCUT2D eigenvalue weighted by Gasteiger charge is 2.24. The largest absolute Gasteiger partial charge is 0.495 e. The number of nitrogens with one attached hydrogen (secondary N) is 1. The number of ether oxygens (including phenoxy) is 2. The van der Waals surface area contributed by atoms with Gasteiger partial charge in [-0.2, -0.15) is 0 Å². The van der Waals surface area contributed by atoms with Gasteiger partial charge in [-0.1, -0.05) is 12.1 Å². The lowest BCUT2D eigenvalue weighted by Crippen LogP contribution is -2.34. The molecule has 0 radical (unpaired) electrons. The predicted molar refractivity (Wildman–Crippen MR) is 122 cm³/mol. The number of esters is 1. The fourth-order valence-electron chi connectivity index (χ4n) is 3.29. The van der Waals surface area contributed by atoms with Crippen LogP contribution in [0.25, 0.3) is 10.2 Å². The molecule has 1 N–H and O–H groups in total. The fourth-order valence-corrected chi connectivity index (χ4v) is 4.40. The second-order valence-electron chi connectivity index (χ2n) is 6.81. The predicted octanol–water partition coefficient (Wildman–Crippen LogP) is 3.96. The molecule has 0 spiro atoms. The molecule has 164 valence electrons. The van der Waals surface area contributed by atoms with Crippen molar-refractivity contribution < 1.29 is 19.1 Å². The molecule has 0 unspecified atom stereocenters. The summed E-state index contributed by atoms with van der Waals surface area (Å²) in [7, 11) is 1.56. The fraction of sp³-hybridized carbons (Fsp3) is 0.364. The molecule has 0 aliphatic rings. The van der Waals surface area contributed by atoms with E-state index in [-0.39, 0.29) is 18.4 Å². The van der Waals surface area contributed by atoms with Crippen LogP contribution in [-0.4, -0.2) is 48.7 Å². The van der Waals surface area contributed by atoms with E-state index in [1.807, 2.05) is 30.9 Å². The van der Waals surface area contributed by atoms with E-state index >= 15 is 0 Å². The average molecular weight is 443 g/mol. The molecular weight excluding hydrogens is 416 g/mol. The van der Waals surface area contributed by atoms with Crippen molar-refractivity contribution >= 4 is 44.9 Å². The Labute approximate surface area is 185 Å². The summed E-state index contributed by atoms with van der Waals surface area (Å²) in [6.45, 7) is 8.32. The second-order valence-corrected chi connectivity index (χ2v) is 7.81. The number of likely N-dealkylation sites (N-methyl/N-ethyl adjacent to an activating group) is 1. The van der Waals surface area contributed by atoms with Crippen LogP contribution in [0, 0.1) is 13.8 Å². The summed E-state index contributed by atoms with van der Waals surface area (Å²) in [6, 6.07) is 7.25. The number of amides is 1. The third kappa shape index (κ3) is 4.77. The van der Waals surface area contributed by atoms with Crippen molar-refractivity contribution in [2.45, 2.75) is 27.7 Å². The number of anilines is 2. The van der Waals surface area contributed by atoms with Crippen LogP contribution in [0.1, 0.15) is 34.9 Å². The van der Waals surface area contributed by atoms with E-state index in [9.17, 15) is 9.59 Å². The molecule has 1 amide bonds. The highest BCUT2D eigenvalue weighted by Crippen LogP contribution is 2.36. The maximum absolute atomic E-state index is 12.8. The number of carbonyl (C=O) groups is 2. The molecule has 0 bridgehead atoms. The summed E-state index contributed by atoms with van der Waals surface area (Å²) in [6.07, 6.45) is 0. The van der Waals surface area contributed by atoms with Gasteiger partial charge in [-0.25, -0.2) is 14.8 Å². The number of fused-ring (bicyclic) bond motifs is 1. The van der Waals surface area contributed by atoms with Crippen LogP contribution in [0.15, 0.2) is 24.3 Å². The molecule has 0 fully saturated rings. The first kappa shape index (κ1) is 22.5. The molecular formula is C22H26N4O4S. The number of aryl methyl sites for hydroxylation is 2. The van der Waals surface area contributed by atoms with Crippen molar-refractivity contribution in [2.75, 3.05) is 37.0 Å². The lowest BCUT2D eigenvalue weighted by molar-refractivity contribution is -0.115. The van der Waals surface area contributed by atoms with Gasteiger partial charge in [0.1, 0.15) is 27.1 Å². The molecule has 0 atom stereocenters. The number of thiophene rings is 1. The van der Waals surface area contributed by atoms with Crippen molar-refractivity contribution in [3.8, 4) is 5.75 Å². The maximum Gasteiger partial charge on any atom is 0.348 e. The van der Waals surface area contributed by atoms with Crippen LogP contribution in [0.2, 0.25) is 0 Å². The van der Waals surface area contributed by atoms with E-state index in [1.54, 1.807) is 33.1 Å². The van der Waals surface area contributed by atoms with Gasteiger partial charge in [0.25, 0.3) is 0 Å². The van der Waals surface area contributed by atoms with E-state index in [2.05, 4.69) is 15.3 Å². The third-order valence-corrected chi connectivity index (χ3v) is 5.91. The van der Waals surface area contributed by atoms with E-state index < -0.39 is 0 Å². The van der Waals surface area contributed by atoms with Crippen LogP contribution in [0.3, 0.4) is 0 Å². The van der Waals surface area contributed by atoms with Crippen molar-refractivity contribution in [1.29, 1.82) is 0 Å². The van der Waals surface area contributed by atoms with Gasteiger partial charge in [-0.15, -0.1) is 11.3 Å². The Morgan fingerprint density at radius 3 is 2.58 bits per heavy atom. The third-order valence-electron chi connectivity index (χ3n) is 4.74. The number of rotatable bonds is 8. The number of methoxy groups -OCH3 is 1. The Hall–Kier alpha value is -3.20. The van der Waals surface area contributed by atoms with Gasteiger partial charge in [0, 0.05) is 6.54 Å². The van der Waals surface area contributed by atoms with Crippen LogP contribution in [0.4, 0.5) is 11.5 Å². The minimum Gasteiger partial charge on any atom is -0.495 e. The average Bonchev–Trinajstić information content (AvgIpc) is 3.08. The summed E-state index contributed by atoms with van der Waals surface area (Å²) >= 11 is 1.29. The minimum atomic E-state index is -0.372. The molecule has 1 aromatic carbocycles. The highest BCUT2D eigenvalue weighted by atomic mass is 32.1. The van der Waals surface area contributed by atoms with Crippen LogP contribution < -0.4 is 15.0 Å². The molecule has 0 saturated heterocycles. The van der Waals surface area contributed by atoms with Gasteiger partial charge in [0.2, 0.25) is 5.91 Å². The number of hydrogen-bond acceptors (Lipinski definition) is 8.